The van der Waals surface area contributed by atoms with Gasteiger partial charge in [0.2, 0.25) is 11.8 Å². The number of likely N-dealkylation sites (tertiary alicyclic amines) is 2. The maximum Gasteiger partial charge on any atom is 0.256 e. The first-order chi connectivity index (χ1) is 11.4. The van der Waals surface area contributed by atoms with Crippen molar-refractivity contribution >= 4 is 17.7 Å². The van der Waals surface area contributed by atoms with Crippen LogP contribution in [0.25, 0.3) is 0 Å². The van der Waals surface area contributed by atoms with E-state index >= 15 is 0 Å². The highest BCUT2D eigenvalue weighted by molar-refractivity contribution is 6.02. The number of carbonyl (C=O) groups is 3. The van der Waals surface area contributed by atoms with Crippen molar-refractivity contribution in [3.05, 3.63) is 35.1 Å². The normalized spacial score (nSPS) is 19.3. The summed E-state index contributed by atoms with van der Waals surface area (Å²) in [5, 5.41) is 0. The summed E-state index contributed by atoms with van der Waals surface area (Å²) in [7, 11) is 0. The number of benzene rings is 1. The largest absolute Gasteiger partial charge is 0.338 e. The minimum atomic E-state index is -1.68. The highest BCUT2D eigenvalue weighted by Crippen LogP contribution is 2.25. The van der Waals surface area contributed by atoms with Crippen LogP contribution in [0.1, 0.15) is 36.0 Å². The first kappa shape index (κ1) is 16.5. The van der Waals surface area contributed by atoms with Crippen LogP contribution < -0.4 is 0 Å². The maximum absolute atomic E-state index is 13.7. The first-order valence-corrected chi connectivity index (χ1v) is 7.68. The van der Waals surface area contributed by atoms with E-state index in [0.29, 0.717) is 18.9 Å². The number of nitrogens with zero attached hydrogens (tertiary/aromatic N) is 2. The van der Waals surface area contributed by atoms with Crippen molar-refractivity contribution in [1.29, 1.82) is 0 Å². The van der Waals surface area contributed by atoms with Crippen LogP contribution in [0.5, 0.6) is 0 Å². The Labute approximate surface area is 136 Å². The van der Waals surface area contributed by atoms with Crippen molar-refractivity contribution < 1.29 is 27.6 Å². The third-order valence-electron chi connectivity index (χ3n) is 4.47. The summed E-state index contributed by atoms with van der Waals surface area (Å²) in [6, 6.07) is 1.35. The van der Waals surface area contributed by atoms with Gasteiger partial charge in [0.15, 0.2) is 17.5 Å². The van der Waals surface area contributed by atoms with Crippen LogP contribution in [0.2, 0.25) is 0 Å². The minimum Gasteiger partial charge on any atom is -0.338 e. The molecule has 128 valence electrons. The second-order valence-corrected chi connectivity index (χ2v) is 5.90. The van der Waals surface area contributed by atoms with Crippen LogP contribution in [0.3, 0.4) is 0 Å². The molecule has 2 fully saturated rings. The van der Waals surface area contributed by atoms with Gasteiger partial charge in [0, 0.05) is 32.0 Å². The van der Waals surface area contributed by atoms with Gasteiger partial charge in [-0.05, 0) is 25.0 Å². The van der Waals surface area contributed by atoms with Gasteiger partial charge in [-0.3, -0.25) is 19.3 Å². The van der Waals surface area contributed by atoms with E-state index in [0.717, 1.165) is 6.07 Å². The molecule has 2 saturated heterocycles. The van der Waals surface area contributed by atoms with E-state index in [-0.39, 0.29) is 43.8 Å². The monoisotopic (exact) mass is 340 g/mol. The van der Waals surface area contributed by atoms with Gasteiger partial charge in [-0.2, -0.15) is 0 Å². The molecule has 5 nitrogen and oxygen atoms in total. The molecule has 3 rings (SSSR count). The SMILES string of the molecule is O=C(c1ccc(F)c(F)c1F)N1CCC(N2C(=O)CCC2=O)CC1. The van der Waals surface area contributed by atoms with Crippen molar-refractivity contribution in [2.24, 2.45) is 0 Å². The fourth-order valence-electron chi connectivity index (χ4n) is 3.19. The lowest BCUT2D eigenvalue weighted by molar-refractivity contribution is -0.141. The molecule has 0 spiro atoms. The maximum atomic E-state index is 13.7. The fourth-order valence-corrected chi connectivity index (χ4v) is 3.19. The molecule has 0 aromatic heterocycles. The number of rotatable bonds is 2. The molecule has 0 unspecified atom stereocenters. The van der Waals surface area contributed by atoms with Gasteiger partial charge < -0.3 is 4.90 Å². The molecule has 2 aliphatic rings. The lowest BCUT2D eigenvalue weighted by atomic mass is 10.0. The van der Waals surface area contributed by atoms with Crippen molar-refractivity contribution in [2.75, 3.05) is 13.1 Å². The van der Waals surface area contributed by atoms with Gasteiger partial charge in [-0.25, -0.2) is 13.2 Å². The Morgan fingerprint density at radius 1 is 0.958 bits per heavy atom. The fraction of sp³-hybridized carbons (Fsp3) is 0.438. The predicted molar refractivity (Wildman–Crippen MR) is 76.3 cm³/mol. The number of hydrogen-bond acceptors (Lipinski definition) is 3. The van der Waals surface area contributed by atoms with E-state index in [2.05, 4.69) is 0 Å². The Hall–Kier alpha value is -2.38. The standard InChI is InChI=1S/C16H15F3N2O3/c17-11-2-1-10(14(18)15(11)19)16(24)20-7-5-9(6-8-20)21-12(22)3-4-13(21)23/h1-2,9H,3-8H2. The molecule has 1 aromatic carbocycles. The van der Waals surface area contributed by atoms with E-state index in [1.165, 1.54) is 9.80 Å². The molecule has 0 aliphatic carbocycles. The molecular weight excluding hydrogens is 325 g/mol. The van der Waals surface area contributed by atoms with Gasteiger partial charge >= 0.3 is 0 Å². The van der Waals surface area contributed by atoms with Crippen LogP contribution >= 0.6 is 0 Å². The van der Waals surface area contributed by atoms with Crippen LogP contribution in [0, 0.1) is 17.5 Å². The smallest absolute Gasteiger partial charge is 0.256 e. The predicted octanol–water partition coefficient (Wildman–Crippen LogP) is 1.86. The zero-order valence-electron chi connectivity index (χ0n) is 12.7. The summed E-state index contributed by atoms with van der Waals surface area (Å²) in [6.45, 7) is 0.415. The quantitative estimate of drug-likeness (QED) is 0.610. The van der Waals surface area contributed by atoms with Gasteiger partial charge in [0.1, 0.15) is 0 Å². The summed E-state index contributed by atoms with van der Waals surface area (Å²) in [5.74, 6) is -5.69. The van der Waals surface area contributed by atoms with Gasteiger partial charge in [0.25, 0.3) is 5.91 Å². The summed E-state index contributed by atoms with van der Waals surface area (Å²) in [5.41, 5.74) is -0.527. The second-order valence-electron chi connectivity index (χ2n) is 5.90. The Balaban J connectivity index is 1.69. The molecule has 0 bridgehead atoms. The second kappa shape index (κ2) is 6.26. The zero-order chi connectivity index (χ0) is 17.4. The van der Waals surface area contributed by atoms with E-state index in [4.69, 9.17) is 0 Å². The van der Waals surface area contributed by atoms with Crippen LogP contribution in [0.15, 0.2) is 12.1 Å². The van der Waals surface area contributed by atoms with Crippen LogP contribution in [-0.2, 0) is 9.59 Å². The molecule has 0 N–H and O–H groups in total. The summed E-state index contributed by atoms with van der Waals surface area (Å²) in [4.78, 5) is 38.3. The topological polar surface area (TPSA) is 57.7 Å². The van der Waals surface area contributed by atoms with Crippen molar-refractivity contribution in [2.45, 2.75) is 31.7 Å². The summed E-state index contributed by atoms with van der Waals surface area (Å²) >= 11 is 0. The molecule has 3 amide bonds. The first-order valence-electron chi connectivity index (χ1n) is 7.68. The highest BCUT2D eigenvalue weighted by Gasteiger charge is 2.37. The Kier molecular flexibility index (Phi) is 4.29. The lowest BCUT2D eigenvalue weighted by Gasteiger charge is -2.35. The number of carbonyl (C=O) groups excluding carboxylic acids is 3. The van der Waals surface area contributed by atoms with E-state index in [1.54, 1.807) is 0 Å². The van der Waals surface area contributed by atoms with Crippen LogP contribution in [0.4, 0.5) is 13.2 Å². The van der Waals surface area contributed by atoms with Crippen LogP contribution in [-0.4, -0.2) is 46.7 Å². The summed E-state index contributed by atoms with van der Waals surface area (Å²) < 4.78 is 40.0. The highest BCUT2D eigenvalue weighted by atomic mass is 19.2. The molecular formula is C16H15F3N2O3. The number of hydrogen-bond donors (Lipinski definition) is 0. The number of imide groups is 1. The lowest BCUT2D eigenvalue weighted by Crippen LogP contribution is -2.48. The van der Waals surface area contributed by atoms with Crippen molar-refractivity contribution in [3.8, 4) is 0 Å². The molecule has 24 heavy (non-hydrogen) atoms. The number of amides is 3. The van der Waals surface area contributed by atoms with E-state index in [9.17, 15) is 27.6 Å². The van der Waals surface area contributed by atoms with Crippen molar-refractivity contribution in [3.63, 3.8) is 0 Å². The minimum absolute atomic E-state index is 0.206. The average molecular weight is 340 g/mol. The number of halogens is 3. The number of piperidine rings is 1. The molecule has 0 radical (unpaired) electrons. The van der Waals surface area contributed by atoms with E-state index < -0.39 is 28.9 Å². The van der Waals surface area contributed by atoms with Gasteiger partial charge in [-0.1, -0.05) is 0 Å². The zero-order valence-corrected chi connectivity index (χ0v) is 12.7. The molecule has 8 heteroatoms. The Morgan fingerprint density at radius 2 is 1.54 bits per heavy atom. The Bertz CT molecular complexity index is 699. The van der Waals surface area contributed by atoms with Gasteiger partial charge in [0.05, 0.1) is 5.56 Å². The molecule has 0 saturated carbocycles. The van der Waals surface area contributed by atoms with Gasteiger partial charge in [-0.15, -0.1) is 0 Å². The molecule has 2 aliphatic heterocycles. The third kappa shape index (κ3) is 2.76. The summed E-state index contributed by atoms with van der Waals surface area (Å²) in [6.07, 6.45) is 1.18. The molecule has 2 heterocycles. The molecule has 0 atom stereocenters. The van der Waals surface area contributed by atoms with Crippen molar-refractivity contribution in [1.82, 2.24) is 9.80 Å². The van der Waals surface area contributed by atoms with E-state index in [1.807, 2.05) is 0 Å². The molecule has 1 aromatic rings. The average Bonchev–Trinajstić information content (AvgIpc) is 2.91. The third-order valence-corrected chi connectivity index (χ3v) is 4.47. The Morgan fingerprint density at radius 3 is 2.12 bits per heavy atom.